The Morgan fingerprint density at radius 3 is 2.54 bits per heavy atom. The molecule has 3 aromatic rings. The number of hydrogen-bond acceptors (Lipinski definition) is 5. The number of nitrogens with one attached hydrogen (secondary N) is 1. The van der Waals surface area contributed by atoms with Crippen LogP contribution in [0.2, 0.25) is 0 Å². The molecule has 2 heterocycles. The third kappa shape index (κ3) is 2.53. The molecule has 6 heteroatoms. The van der Waals surface area contributed by atoms with E-state index in [1.165, 1.54) is 5.56 Å². The monoisotopic (exact) mass is 338 g/mol. The molecule has 4 rings (SSSR count). The molecule has 0 saturated heterocycles. The van der Waals surface area contributed by atoms with Crippen LogP contribution in [0.4, 0.5) is 0 Å². The number of rotatable bonds is 4. The fraction of sp³-hybridized carbons (Fsp3) is 0.222. The highest BCUT2D eigenvalue weighted by molar-refractivity contribution is 8.00. The van der Waals surface area contributed by atoms with Crippen molar-refractivity contribution in [3.63, 3.8) is 0 Å². The summed E-state index contributed by atoms with van der Waals surface area (Å²) in [6.45, 7) is 4.79. The van der Waals surface area contributed by atoms with Gasteiger partial charge in [0.1, 0.15) is 10.6 Å². The van der Waals surface area contributed by atoms with E-state index in [0.717, 1.165) is 22.3 Å². The molecule has 0 saturated carbocycles. The summed E-state index contributed by atoms with van der Waals surface area (Å²) in [7, 11) is 0. The zero-order valence-electron chi connectivity index (χ0n) is 13.6. The summed E-state index contributed by atoms with van der Waals surface area (Å²) >= 11 is 1.67. The zero-order valence-corrected chi connectivity index (χ0v) is 14.4. The maximum absolute atomic E-state index is 5.50. The van der Waals surface area contributed by atoms with Crippen LogP contribution in [0.25, 0.3) is 11.4 Å². The van der Waals surface area contributed by atoms with Gasteiger partial charge in [0.25, 0.3) is 0 Å². The van der Waals surface area contributed by atoms with Crippen LogP contribution in [0.15, 0.2) is 59.8 Å². The van der Waals surface area contributed by atoms with Gasteiger partial charge in [-0.3, -0.25) is 0 Å². The number of hydrogen-bond donors (Lipinski definition) is 1. The number of nitrogens with zero attached hydrogens (tertiary/aromatic N) is 3. The Hall–Kier alpha value is -2.47. The first-order chi connectivity index (χ1) is 11.7. The molecule has 1 aliphatic heterocycles. The van der Waals surface area contributed by atoms with Crippen LogP contribution in [0.3, 0.4) is 0 Å². The number of fused-ring (bicyclic) bond motifs is 1. The van der Waals surface area contributed by atoms with E-state index in [9.17, 15) is 0 Å². The highest BCUT2D eigenvalue weighted by Gasteiger charge is 2.38. The smallest absolute Gasteiger partial charge is 0.212 e. The molecule has 0 radical (unpaired) electrons. The van der Waals surface area contributed by atoms with Gasteiger partial charge >= 0.3 is 0 Å². The number of benzene rings is 2. The van der Waals surface area contributed by atoms with Crippen LogP contribution in [0, 0.1) is 0 Å². The van der Waals surface area contributed by atoms with E-state index in [-0.39, 0.29) is 4.87 Å². The van der Waals surface area contributed by atoms with Crippen molar-refractivity contribution in [1.82, 2.24) is 14.9 Å². The van der Waals surface area contributed by atoms with E-state index in [1.54, 1.807) is 11.8 Å². The first kappa shape index (κ1) is 15.1. The van der Waals surface area contributed by atoms with Crippen LogP contribution in [0.1, 0.15) is 19.4 Å². The van der Waals surface area contributed by atoms with E-state index in [4.69, 9.17) is 4.74 Å². The third-order valence-electron chi connectivity index (χ3n) is 4.00. The largest absolute Gasteiger partial charge is 0.494 e. The van der Waals surface area contributed by atoms with Gasteiger partial charge in [-0.25, -0.2) is 4.68 Å². The Balaban J connectivity index is 1.65. The van der Waals surface area contributed by atoms with Crippen molar-refractivity contribution in [1.29, 1.82) is 0 Å². The molecule has 0 fully saturated rings. The van der Waals surface area contributed by atoms with Crippen molar-refractivity contribution in [2.45, 2.75) is 23.9 Å². The molecule has 1 atom stereocenters. The molecule has 0 spiro atoms. The Kier molecular flexibility index (Phi) is 3.69. The normalized spacial score (nSPS) is 18.9. The van der Waals surface area contributed by atoms with Gasteiger partial charge in [-0.2, -0.15) is 0 Å². The molecule has 122 valence electrons. The second-order valence-electron chi connectivity index (χ2n) is 5.71. The van der Waals surface area contributed by atoms with Gasteiger partial charge in [0.05, 0.1) is 6.61 Å². The molecular weight excluding hydrogens is 320 g/mol. The second-order valence-corrected chi connectivity index (χ2v) is 7.10. The Bertz CT molecular complexity index is 847. The maximum Gasteiger partial charge on any atom is 0.212 e. The topological polar surface area (TPSA) is 52.0 Å². The molecule has 0 amide bonds. The summed E-state index contributed by atoms with van der Waals surface area (Å²) < 4.78 is 7.46. The minimum Gasteiger partial charge on any atom is -0.494 e. The summed E-state index contributed by atoms with van der Waals surface area (Å²) in [6.07, 6.45) is 0. The van der Waals surface area contributed by atoms with Crippen molar-refractivity contribution in [2.75, 3.05) is 12.0 Å². The van der Waals surface area contributed by atoms with Crippen molar-refractivity contribution >= 4 is 11.8 Å². The van der Waals surface area contributed by atoms with Crippen molar-refractivity contribution in [3.8, 4) is 17.1 Å². The van der Waals surface area contributed by atoms with E-state index in [1.807, 2.05) is 41.9 Å². The number of ether oxygens (including phenoxy) is 1. The van der Waals surface area contributed by atoms with Gasteiger partial charge in [0, 0.05) is 5.56 Å². The van der Waals surface area contributed by atoms with Gasteiger partial charge < -0.3 is 10.2 Å². The summed E-state index contributed by atoms with van der Waals surface area (Å²) in [6, 6.07) is 18.3. The van der Waals surface area contributed by atoms with Gasteiger partial charge in [0.15, 0.2) is 5.82 Å². The van der Waals surface area contributed by atoms with Gasteiger partial charge in [-0.15, -0.1) is 10.2 Å². The lowest BCUT2D eigenvalue weighted by molar-refractivity contribution is 0.340. The van der Waals surface area contributed by atoms with Crippen LogP contribution in [0.5, 0.6) is 5.75 Å². The molecule has 0 bridgehead atoms. The minimum atomic E-state index is -0.257. The molecule has 1 N–H and O–H groups in total. The minimum absolute atomic E-state index is 0.257. The van der Waals surface area contributed by atoms with Gasteiger partial charge in [-0.05, 0) is 43.7 Å². The highest BCUT2D eigenvalue weighted by atomic mass is 32.2. The first-order valence-electron chi connectivity index (χ1n) is 7.91. The van der Waals surface area contributed by atoms with E-state index in [2.05, 4.69) is 46.8 Å². The molecule has 1 aliphatic rings. The van der Waals surface area contributed by atoms with Crippen molar-refractivity contribution < 1.29 is 4.74 Å². The predicted molar refractivity (Wildman–Crippen MR) is 95.6 cm³/mol. The van der Waals surface area contributed by atoms with Crippen LogP contribution in [-0.4, -0.2) is 21.5 Å². The van der Waals surface area contributed by atoms with E-state index in [0.29, 0.717) is 6.61 Å². The summed E-state index contributed by atoms with van der Waals surface area (Å²) in [5, 5.41) is 9.53. The molecule has 0 unspecified atom stereocenters. The van der Waals surface area contributed by atoms with Crippen LogP contribution in [-0.2, 0) is 4.87 Å². The molecule has 1 aromatic heterocycles. The Morgan fingerprint density at radius 2 is 1.83 bits per heavy atom. The predicted octanol–water partition coefficient (Wildman–Crippen LogP) is 3.87. The van der Waals surface area contributed by atoms with Crippen LogP contribution < -0.4 is 10.2 Å². The average Bonchev–Trinajstić information content (AvgIpc) is 3.14. The SMILES string of the molecule is CCOc1ccc(-c2nnc3n2N[C@@](C)(c2ccccc2)S3)cc1. The maximum atomic E-state index is 5.50. The fourth-order valence-electron chi connectivity index (χ4n) is 2.79. The molecule has 2 aromatic carbocycles. The number of thioether (sulfide) groups is 1. The lowest BCUT2D eigenvalue weighted by atomic mass is 10.1. The van der Waals surface area contributed by atoms with Crippen LogP contribution >= 0.6 is 11.8 Å². The highest BCUT2D eigenvalue weighted by Crippen LogP contribution is 2.45. The van der Waals surface area contributed by atoms with Crippen molar-refractivity contribution in [3.05, 3.63) is 60.2 Å². The number of aromatic nitrogens is 3. The first-order valence-corrected chi connectivity index (χ1v) is 8.72. The molecular formula is C18H18N4OS. The van der Waals surface area contributed by atoms with E-state index < -0.39 is 0 Å². The Labute approximate surface area is 145 Å². The quantitative estimate of drug-likeness (QED) is 0.783. The fourth-order valence-corrected chi connectivity index (χ4v) is 3.85. The standard InChI is InChI=1S/C18H18N4OS/c1-3-23-15-11-9-13(10-12-15)16-19-20-17-22(16)21-18(2,24-17)14-7-5-4-6-8-14/h4-12,21H,3H2,1-2H3/t18-/m1/s1. The lowest BCUT2D eigenvalue weighted by Crippen LogP contribution is -2.29. The average molecular weight is 338 g/mol. The summed E-state index contributed by atoms with van der Waals surface area (Å²) in [5.74, 6) is 1.67. The molecule has 5 nitrogen and oxygen atoms in total. The second kappa shape index (κ2) is 5.87. The lowest BCUT2D eigenvalue weighted by Gasteiger charge is -2.24. The van der Waals surface area contributed by atoms with Gasteiger partial charge in [-0.1, -0.05) is 42.1 Å². The third-order valence-corrected chi connectivity index (χ3v) is 5.18. The molecule has 0 aliphatic carbocycles. The van der Waals surface area contributed by atoms with E-state index >= 15 is 0 Å². The summed E-state index contributed by atoms with van der Waals surface area (Å²) in [5.41, 5.74) is 5.75. The molecule has 24 heavy (non-hydrogen) atoms. The summed E-state index contributed by atoms with van der Waals surface area (Å²) in [4.78, 5) is -0.257. The van der Waals surface area contributed by atoms with Crippen molar-refractivity contribution in [2.24, 2.45) is 0 Å². The van der Waals surface area contributed by atoms with Gasteiger partial charge in [0.2, 0.25) is 5.16 Å². The zero-order chi connectivity index (χ0) is 16.6. The Morgan fingerprint density at radius 1 is 1.08 bits per heavy atom.